The van der Waals surface area contributed by atoms with E-state index in [1.54, 1.807) is 0 Å². The van der Waals surface area contributed by atoms with Crippen LogP contribution in [-0.4, -0.2) is 23.1 Å². The molecule has 1 saturated heterocycles. The van der Waals surface area contributed by atoms with E-state index >= 15 is 0 Å². The van der Waals surface area contributed by atoms with E-state index in [9.17, 15) is 18.3 Å². The predicted molar refractivity (Wildman–Crippen MR) is 101 cm³/mol. The van der Waals surface area contributed by atoms with Crippen LogP contribution in [0.15, 0.2) is 59.2 Å². The normalized spacial score (nSPS) is 24.0. The first-order chi connectivity index (χ1) is 13.3. The maximum atomic E-state index is 13.4. The molecule has 1 aromatic heterocycles. The smallest absolute Gasteiger partial charge is 0.416 e. The second-order valence-corrected chi connectivity index (χ2v) is 7.66. The fourth-order valence-corrected chi connectivity index (χ4v) is 4.16. The van der Waals surface area contributed by atoms with E-state index in [1.165, 1.54) is 17.9 Å². The predicted octanol–water partition coefficient (Wildman–Crippen LogP) is 5.18. The van der Waals surface area contributed by atoms with Crippen LogP contribution in [0.2, 0.25) is 0 Å². The second-order valence-electron chi connectivity index (χ2n) is 7.66. The third kappa shape index (κ3) is 3.42. The highest BCUT2D eigenvalue weighted by Gasteiger charge is 2.43. The summed E-state index contributed by atoms with van der Waals surface area (Å²) in [5.74, 6) is -0.248. The number of furan rings is 1. The van der Waals surface area contributed by atoms with Crippen LogP contribution >= 0.6 is 0 Å². The zero-order chi connectivity index (χ0) is 19.9. The molecule has 2 unspecified atom stereocenters. The first-order valence-electron chi connectivity index (χ1n) is 9.35. The highest BCUT2D eigenvalue weighted by molar-refractivity contribution is 5.82. The van der Waals surface area contributed by atoms with Crippen LogP contribution in [0.1, 0.15) is 30.0 Å². The van der Waals surface area contributed by atoms with Crippen LogP contribution in [0, 0.1) is 5.92 Å². The van der Waals surface area contributed by atoms with Gasteiger partial charge in [0.05, 0.1) is 17.4 Å². The fourth-order valence-electron chi connectivity index (χ4n) is 4.16. The molecule has 0 spiro atoms. The number of likely N-dealkylation sites (tertiary alicyclic amines) is 1. The summed E-state index contributed by atoms with van der Waals surface area (Å²) in [6.07, 6.45) is -2.77. The van der Waals surface area contributed by atoms with E-state index in [0.29, 0.717) is 30.5 Å². The third-order valence-corrected chi connectivity index (χ3v) is 5.75. The maximum absolute atomic E-state index is 13.4. The molecule has 4 rings (SSSR count). The van der Waals surface area contributed by atoms with Gasteiger partial charge in [-0.1, -0.05) is 37.3 Å². The van der Waals surface area contributed by atoms with Crippen LogP contribution < -0.4 is 0 Å². The first kappa shape index (κ1) is 19.0. The molecule has 1 N–H and O–H groups in total. The average molecular weight is 389 g/mol. The number of aliphatic hydroxyl groups is 1. The molecule has 0 amide bonds. The van der Waals surface area contributed by atoms with Crippen molar-refractivity contribution in [3.63, 3.8) is 0 Å². The van der Waals surface area contributed by atoms with Gasteiger partial charge in [0.15, 0.2) is 0 Å². The molecule has 0 aliphatic carbocycles. The summed E-state index contributed by atoms with van der Waals surface area (Å²) >= 11 is 0. The molecule has 1 fully saturated rings. The van der Waals surface area contributed by atoms with Crippen molar-refractivity contribution in [2.45, 2.75) is 31.7 Å². The highest BCUT2D eigenvalue weighted by atomic mass is 19.4. The zero-order valence-electron chi connectivity index (χ0n) is 15.5. The molecule has 1 aliphatic rings. The van der Waals surface area contributed by atoms with E-state index in [0.717, 1.165) is 18.7 Å². The van der Waals surface area contributed by atoms with Gasteiger partial charge in [0, 0.05) is 36.5 Å². The minimum atomic E-state index is -4.48. The number of alkyl halides is 3. The van der Waals surface area contributed by atoms with Gasteiger partial charge in [-0.15, -0.1) is 0 Å². The van der Waals surface area contributed by atoms with Crippen molar-refractivity contribution in [3.05, 3.63) is 71.5 Å². The van der Waals surface area contributed by atoms with E-state index in [2.05, 4.69) is 4.90 Å². The molecule has 0 saturated carbocycles. The molecule has 2 heterocycles. The molecule has 3 nitrogen and oxygen atoms in total. The van der Waals surface area contributed by atoms with Gasteiger partial charge in [0.2, 0.25) is 0 Å². The Kier molecular flexibility index (Phi) is 4.71. The fraction of sp³-hybridized carbons (Fsp3) is 0.364. The van der Waals surface area contributed by atoms with Gasteiger partial charge in [0.25, 0.3) is 0 Å². The van der Waals surface area contributed by atoms with E-state index in [4.69, 9.17) is 4.42 Å². The third-order valence-electron chi connectivity index (χ3n) is 5.75. The molecule has 3 aromatic rings. The van der Waals surface area contributed by atoms with Crippen molar-refractivity contribution in [2.75, 3.05) is 13.1 Å². The Morgan fingerprint density at radius 3 is 2.61 bits per heavy atom. The molecule has 2 atom stereocenters. The molecule has 6 heteroatoms. The van der Waals surface area contributed by atoms with Crippen LogP contribution in [0.3, 0.4) is 0 Å². The molecule has 148 valence electrons. The van der Waals surface area contributed by atoms with Crippen molar-refractivity contribution in [2.24, 2.45) is 5.92 Å². The van der Waals surface area contributed by atoms with E-state index in [-0.39, 0.29) is 11.5 Å². The number of piperidine rings is 1. The lowest BCUT2D eigenvalue weighted by Gasteiger charge is -2.43. The van der Waals surface area contributed by atoms with Gasteiger partial charge in [0.1, 0.15) is 5.58 Å². The topological polar surface area (TPSA) is 36.6 Å². The Hall–Kier alpha value is -2.31. The summed E-state index contributed by atoms with van der Waals surface area (Å²) < 4.78 is 45.6. The molecule has 28 heavy (non-hydrogen) atoms. The molecule has 0 bridgehead atoms. The Balaban J connectivity index is 1.65. The Morgan fingerprint density at radius 1 is 1.18 bits per heavy atom. The number of halogens is 3. The van der Waals surface area contributed by atoms with Crippen LogP contribution in [0.4, 0.5) is 13.2 Å². The standard InChI is InChI=1S/C22H22F3NO2/c1-15-13-26(14-16-5-3-2-4-6-16)9-8-21(15,27)19-12-18(22(23,24)25)11-17-7-10-28-20(17)19/h2-7,10-12,15,27H,8-9,13-14H2,1H3. The zero-order valence-corrected chi connectivity index (χ0v) is 15.5. The molecule has 0 radical (unpaired) electrons. The number of fused-ring (bicyclic) bond motifs is 1. The second kappa shape index (κ2) is 6.94. The van der Waals surface area contributed by atoms with Gasteiger partial charge in [-0.05, 0) is 30.2 Å². The van der Waals surface area contributed by atoms with Gasteiger partial charge in [-0.3, -0.25) is 4.90 Å². The summed E-state index contributed by atoms with van der Waals surface area (Å²) in [5, 5.41) is 11.8. The number of nitrogens with zero attached hydrogens (tertiary/aromatic N) is 1. The minimum absolute atomic E-state index is 0.231. The summed E-state index contributed by atoms with van der Waals surface area (Å²) in [7, 11) is 0. The number of rotatable bonds is 3. The summed E-state index contributed by atoms with van der Waals surface area (Å²) in [6, 6.07) is 13.6. The maximum Gasteiger partial charge on any atom is 0.416 e. The molecular weight excluding hydrogens is 367 g/mol. The Labute approximate surface area is 161 Å². The quantitative estimate of drug-likeness (QED) is 0.671. The SMILES string of the molecule is CC1CN(Cc2ccccc2)CCC1(O)c1cc(C(F)(F)F)cc2ccoc12. The number of hydrogen-bond donors (Lipinski definition) is 1. The monoisotopic (exact) mass is 389 g/mol. The largest absolute Gasteiger partial charge is 0.464 e. The Bertz CT molecular complexity index is 967. The van der Waals surface area contributed by atoms with Gasteiger partial charge in [-0.25, -0.2) is 0 Å². The van der Waals surface area contributed by atoms with Crippen molar-refractivity contribution < 1.29 is 22.7 Å². The lowest BCUT2D eigenvalue weighted by molar-refractivity contribution is -0.137. The molecular formula is C22H22F3NO2. The first-order valence-corrected chi connectivity index (χ1v) is 9.35. The van der Waals surface area contributed by atoms with Crippen molar-refractivity contribution >= 4 is 11.0 Å². The van der Waals surface area contributed by atoms with Gasteiger partial charge >= 0.3 is 6.18 Å². The lowest BCUT2D eigenvalue weighted by atomic mass is 9.76. The van der Waals surface area contributed by atoms with Crippen LogP contribution in [-0.2, 0) is 18.3 Å². The summed E-state index contributed by atoms with van der Waals surface area (Å²) in [6.45, 7) is 3.81. The van der Waals surface area contributed by atoms with Crippen LogP contribution in [0.25, 0.3) is 11.0 Å². The van der Waals surface area contributed by atoms with E-state index in [1.807, 2.05) is 37.3 Å². The van der Waals surface area contributed by atoms with Crippen molar-refractivity contribution in [3.8, 4) is 0 Å². The Morgan fingerprint density at radius 2 is 1.93 bits per heavy atom. The number of hydrogen-bond acceptors (Lipinski definition) is 3. The van der Waals surface area contributed by atoms with Gasteiger partial charge < -0.3 is 9.52 Å². The summed E-state index contributed by atoms with van der Waals surface area (Å²) in [4.78, 5) is 2.22. The minimum Gasteiger partial charge on any atom is -0.464 e. The van der Waals surface area contributed by atoms with Gasteiger partial charge in [-0.2, -0.15) is 13.2 Å². The molecule has 2 aromatic carbocycles. The van der Waals surface area contributed by atoms with Crippen molar-refractivity contribution in [1.29, 1.82) is 0 Å². The average Bonchev–Trinajstić information content (AvgIpc) is 3.13. The van der Waals surface area contributed by atoms with E-state index < -0.39 is 17.3 Å². The molecule has 1 aliphatic heterocycles. The number of benzene rings is 2. The van der Waals surface area contributed by atoms with Crippen molar-refractivity contribution in [1.82, 2.24) is 4.90 Å². The highest BCUT2D eigenvalue weighted by Crippen LogP contribution is 2.43. The van der Waals surface area contributed by atoms with Crippen LogP contribution in [0.5, 0.6) is 0 Å². The summed E-state index contributed by atoms with van der Waals surface area (Å²) in [5.41, 5.74) is -0.394. The lowest BCUT2D eigenvalue weighted by Crippen LogP contribution is -2.48.